The van der Waals surface area contributed by atoms with E-state index in [0.29, 0.717) is 16.9 Å². The van der Waals surface area contributed by atoms with Crippen molar-refractivity contribution in [2.45, 2.75) is 24.7 Å². The lowest BCUT2D eigenvalue weighted by atomic mass is 9.52. The molecule has 0 spiro atoms. The van der Waals surface area contributed by atoms with Gasteiger partial charge in [0.2, 0.25) is 17.1 Å². The van der Waals surface area contributed by atoms with Crippen LogP contribution in [0, 0.1) is 50.2 Å². The summed E-state index contributed by atoms with van der Waals surface area (Å²) in [7, 11) is 1.54. The van der Waals surface area contributed by atoms with Gasteiger partial charge in [-0.25, -0.2) is 0 Å². The molecule has 3 aromatic rings. The number of nitrogens with zero attached hydrogens (tertiary/aromatic N) is 3. The van der Waals surface area contributed by atoms with Gasteiger partial charge in [0.05, 0.1) is 31.2 Å². The molecule has 1 N–H and O–H groups in total. The summed E-state index contributed by atoms with van der Waals surface area (Å²) in [6.45, 7) is 1.65. The molecule has 7 nitrogen and oxygen atoms in total. The van der Waals surface area contributed by atoms with Crippen LogP contribution in [0.5, 0.6) is 5.75 Å². The average Bonchev–Trinajstić information content (AvgIpc) is 3.11. The van der Waals surface area contributed by atoms with E-state index in [1.165, 1.54) is 0 Å². The van der Waals surface area contributed by atoms with Crippen molar-refractivity contribution in [2.75, 3.05) is 7.11 Å². The fraction of sp³-hybridized carbons (Fsp3) is 0.241. The summed E-state index contributed by atoms with van der Waals surface area (Å²) in [6.07, 6.45) is -1.13. The maximum absolute atomic E-state index is 10.6. The molecule has 2 bridgehead atoms. The van der Waals surface area contributed by atoms with Gasteiger partial charge in [-0.3, -0.25) is 5.41 Å². The molecule has 2 aliphatic rings. The fourth-order valence-electron chi connectivity index (χ4n) is 5.56. The third kappa shape index (κ3) is 2.96. The van der Waals surface area contributed by atoms with Crippen molar-refractivity contribution < 1.29 is 14.2 Å². The smallest absolute Gasteiger partial charge is 0.218 e. The number of hydrogen-bond acceptors (Lipinski definition) is 7. The van der Waals surface area contributed by atoms with Gasteiger partial charge in [-0.05, 0) is 34.4 Å². The van der Waals surface area contributed by atoms with Gasteiger partial charge in [0.15, 0.2) is 5.41 Å². The summed E-state index contributed by atoms with van der Waals surface area (Å²) >= 11 is 0. The minimum Gasteiger partial charge on any atom is -0.497 e. The Balaban J connectivity index is 1.67. The van der Waals surface area contributed by atoms with Crippen molar-refractivity contribution in [3.8, 4) is 35.1 Å². The maximum atomic E-state index is 10.6. The van der Waals surface area contributed by atoms with E-state index < -0.39 is 34.5 Å². The van der Waals surface area contributed by atoms with E-state index in [2.05, 4.69) is 18.2 Å². The molecule has 3 aromatic carbocycles. The zero-order valence-electron chi connectivity index (χ0n) is 19.7. The second-order valence-electron chi connectivity index (χ2n) is 9.09. The largest absolute Gasteiger partial charge is 0.497 e. The van der Waals surface area contributed by atoms with Gasteiger partial charge in [0.25, 0.3) is 0 Å². The highest BCUT2D eigenvalue weighted by atomic mass is 16.7. The summed E-state index contributed by atoms with van der Waals surface area (Å²) in [6, 6.07) is 30.5. The molecule has 2 heterocycles. The molecular formula is C29H22N4O3. The summed E-state index contributed by atoms with van der Waals surface area (Å²) < 4.78 is 17.6. The van der Waals surface area contributed by atoms with Crippen LogP contribution >= 0.6 is 0 Å². The van der Waals surface area contributed by atoms with Crippen LogP contribution in [0.4, 0.5) is 0 Å². The highest BCUT2D eigenvalue weighted by Crippen LogP contribution is 2.69. The van der Waals surface area contributed by atoms with E-state index >= 15 is 0 Å². The van der Waals surface area contributed by atoms with Crippen LogP contribution < -0.4 is 4.74 Å². The van der Waals surface area contributed by atoms with Crippen molar-refractivity contribution >= 4 is 5.90 Å². The Morgan fingerprint density at radius 2 is 1.39 bits per heavy atom. The molecule has 5 rings (SSSR count). The number of benzene rings is 3. The molecule has 4 atom stereocenters. The molecule has 2 saturated heterocycles. The van der Waals surface area contributed by atoms with Crippen LogP contribution in [-0.2, 0) is 9.47 Å². The van der Waals surface area contributed by atoms with Crippen LogP contribution in [0.25, 0.3) is 11.1 Å². The van der Waals surface area contributed by atoms with Gasteiger partial charge < -0.3 is 14.2 Å². The minimum absolute atomic E-state index is 0.445. The Labute approximate surface area is 209 Å². The molecular weight excluding hydrogens is 452 g/mol. The zero-order chi connectivity index (χ0) is 25.6. The number of ether oxygens (including phenoxy) is 3. The van der Waals surface area contributed by atoms with E-state index in [4.69, 9.17) is 19.6 Å². The molecule has 0 radical (unpaired) electrons. The summed E-state index contributed by atoms with van der Waals surface area (Å²) in [5.74, 6) is -2.19. The molecule has 0 amide bonds. The first kappa shape index (κ1) is 23.1. The third-order valence-corrected chi connectivity index (χ3v) is 7.29. The second-order valence-corrected chi connectivity index (χ2v) is 9.09. The molecule has 0 aliphatic carbocycles. The number of methoxy groups -OCH3 is 1. The Kier molecular flexibility index (Phi) is 5.29. The Hall–Kier alpha value is -4.64. The van der Waals surface area contributed by atoms with Crippen molar-refractivity contribution in [3.63, 3.8) is 0 Å². The van der Waals surface area contributed by atoms with Crippen molar-refractivity contribution in [1.82, 2.24) is 0 Å². The van der Waals surface area contributed by atoms with Crippen LogP contribution in [0.15, 0.2) is 78.9 Å². The lowest BCUT2D eigenvalue weighted by molar-refractivity contribution is -0.253. The average molecular weight is 475 g/mol. The topological polar surface area (TPSA) is 123 Å². The van der Waals surface area contributed by atoms with Gasteiger partial charge in [-0.1, -0.05) is 66.7 Å². The van der Waals surface area contributed by atoms with Gasteiger partial charge >= 0.3 is 0 Å². The summed E-state index contributed by atoms with van der Waals surface area (Å²) in [5.41, 5.74) is -0.816. The molecule has 0 saturated carbocycles. The molecule has 176 valence electrons. The number of nitrogens with one attached hydrogen (secondary N) is 1. The summed E-state index contributed by atoms with van der Waals surface area (Å²) in [5, 5.41) is 40.3. The normalized spacial score (nSPS) is 27.7. The van der Waals surface area contributed by atoms with E-state index in [9.17, 15) is 15.8 Å². The van der Waals surface area contributed by atoms with E-state index in [1.54, 1.807) is 50.4 Å². The Morgan fingerprint density at radius 1 is 0.806 bits per heavy atom. The first-order chi connectivity index (χ1) is 17.4. The molecule has 4 unspecified atom stereocenters. The third-order valence-electron chi connectivity index (χ3n) is 7.29. The first-order valence-electron chi connectivity index (χ1n) is 11.4. The lowest BCUT2D eigenvalue weighted by Crippen LogP contribution is -2.57. The van der Waals surface area contributed by atoms with Crippen molar-refractivity contribution in [1.29, 1.82) is 21.2 Å². The standard InChI is InChI=1S/C29H22N4O3/c1-27-24(21-12-14-23(34-2)15-13-21)29(18-32,26(33)36-27)28(16-30,17-31)25(35-27)22-10-8-20(9-11-22)19-6-4-3-5-7-19/h3-15,24-25,33H,1-2H3. The van der Waals surface area contributed by atoms with Gasteiger partial charge in [0, 0.05) is 6.92 Å². The second kappa shape index (κ2) is 8.24. The fourth-order valence-corrected chi connectivity index (χ4v) is 5.56. The molecule has 2 aliphatic heterocycles. The number of nitriles is 3. The molecule has 36 heavy (non-hydrogen) atoms. The van der Waals surface area contributed by atoms with Crippen molar-refractivity contribution in [3.05, 3.63) is 90.0 Å². The lowest BCUT2D eigenvalue weighted by Gasteiger charge is -2.48. The number of fused-ring (bicyclic) bond motifs is 2. The molecule has 2 fully saturated rings. The molecule has 0 aromatic heterocycles. The van der Waals surface area contributed by atoms with Crippen LogP contribution in [-0.4, -0.2) is 18.8 Å². The molecule has 7 heteroatoms. The van der Waals surface area contributed by atoms with Crippen molar-refractivity contribution in [2.24, 2.45) is 10.8 Å². The highest BCUT2D eigenvalue weighted by Gasteiger charge is 2.79. The van der Waals surface area contributed by atoms with E-state index in [1.807, 2.05) is 42.5 Å². The summed E-state index contributed by atoms with van der Waals surface area (Å²) in [4.78, 5) is 0. The monoisotopic (exact) mass is 474 g/mol. The first-order valence-corrected chi connectivity index (χ1v) is 11.4. The predicted molar refractivity (Wildman–Crippen MR) is 130 cm³/mol. The van der Waals surface area contributed by atoms with Crippen LogP contribution in [0.1, 0.15) is 30.1 Å². The Morgan fingerprint density at radius 3 is 1.94 bits per heavy atom. The van der Waals surface area contributed by atoms with Gasteiger partial charge in [-0.2, -0.15) is 15.8 Å². The van der Waals surface area contributed by atoms with Crippen LogP contribution in [0.3, 0.4) is 0 Å². The predicted octanol–water partition coefficient (Wildman–Crippen LogP) is 5.48. The maximum Gasteiger partial charge on any atom is 0.218 e. The van der Waals surface area contributed by atoms with Gasteiger partial charge in [-0.15, -0.1) is 0 Å². The van der Waals surface area contributed by atoms with E-state index in [-0.39, 0.29) is 0 Å². The SMILES string of the molecule is COc1ccc(C2C3(C)OC(=N)C2(C#N)C(C#N)(C#N)C(c2ccc(-c4ccccc4)cc2)O3)cc1. The number of hydrogen-bond donors (Lipinski definition) is 1. The van der Waals surface area contributed by atoms with Crippen LogP contribution in [0.2, 0.25) is 0 Å². The quantitative estimate of drug-likeness (QED) is 0.534. The number of rotatable bonds is 4. The van der Waals surface area contributed by atoms with Gasteiger partial charge in [0.1, 0.15) is 11.9 Å². The van der Waals surface area contributed by atoms with E-state index in [0.717, 1.165) is 11.1 Å². The Bertz CT molecular complexity index is 1430. The zero-order valence-corrected chi connectivity index (χ0v) is 19.7. The highest BCUT2D eigenvalue weighted by molar-refractivity contribution is 5.90. The minimum atomic E-state index is -2.05.